The van der Waals surface area contributed by atoms with Gasteiger partial charge in [-0.05, 0) is 6.92 Å². The Kier molecular flexibility index (Phi) is 2.59. The Hall–Kier alpha value is -0.740. The van der Waals surface area contributed by atoms with E-state index in [0.29, 0.717) is 9.90 Å². The molecule has 0 aromatic carbocycles. The summed E-state index contributed by atoms with van der Waals surface area (Å²) >= 11 is 6.70. The smallest absolute Gasteiger partial charge is 0.351 e. The number of aromatic hydroxyl groups is 1. The lowest BCUT2D eigenvalue weighted by Gasteiger charge is -1.94. The number of carbonyl (C=O) groups is 1. The zero-order valence-electron chi connectivity index (χ0n) is 6.55. The van der Waals surface area contributed by atoms with E-state index >= 15 is 0 Å². The molecule has 0 aliphatic heterocycles. The number of rotatable bonds is 1. The summed E-state index contributed by atoms with van der Waals surface area (Å²) in [5, 5.41) is 9.35. The van der Waals surface area contributed by atoms with Crippen LogP contribution in [0.25, 0.3) is 0 Å². The Morgan fingerprint density at radius 1 is 1.67 bits per heavy atom. The van der Waals surface area contributed by atoms with Gasteiger partial charge in [0.05, 0.1) is 7.11 Å². The average Bonchev–Trinajstić information content (AvgIpc) is 2.32. The quantitative estimate of drug-likeness (QED) is 0.717. The fraction of sp³-hybridized carbons (Fsp3) is 0.286. The number of ether oxygens (including phenoxy) is 1. The third kappa shape index (κ3) is 1.40. The largest absolute Gasteiger partial charge is 0.506 e. The highest BCUT2D eigenvalue weighted by Gasteiger charge is 2.19. The van der Waals surface area contributed by atoms with Gasteiger partial charge in [-0.1, -0.05) is 11.6 Å². The van der Waals surface area contributed by atoms with Gasteiger partial charge in [-0.3, -0.25) is 0 Å². The van der Waals surface area contributed by atoms with E-state index in [1.165, 1.54) is 7.11 Å². The van der Waals surface area contributed by atoms with E-state index in [9.17, 15) is 9.90 Å². The third-order valence-electron chi connectivity index (χ3n) is 1.43. The summed E-state index contributed by atoms with van der Waals surface area (Å²) in [4.78, 5) is 11.1. The molecule has 0 aliphatic rings. The van der Waals surface area contributed by atoms with Crippen LogP contribution in [0.1, 0.15) is 15.2 Å². The topological polar surface area (TPSA) is 46.5 Å². The highest BCUT2D eigenvalue weighted by atomic mass is 35.5. The van der Waals surface area contributed by atoms with Crippen LogP contribution in [0.2, 0.25) is 4.34 Å². The van der Waals surface area contributed by atoms with Gasteiger partial charge < -0.3 is 9.84 Å². The Morgan fingerprint density at radius 2 is 2.25 bits per heavy atom. The lowest BCUT2D eigenvalue weighted by molar-refractivity contribution is 0.0603. The highest BCUT2D eigenvalue weighted by Crippen LogP contribution is 2.37. The SMILES string of the molecule is COC(=O)c1sc(Cl)c(C)c1O. The van der Waals surface area contributed by atoms with Crippen LogP contribution in [0.4, 0.5) is 0 Å². The van der Waals surface area contributed by atoms with Gasteiger partial charge in [-0.15, -0.1) is 11.3 Å². The summed E-state index contributed by atoms with van der Waals surface area (Å²) in [6, 6.07) is 0. The number of hydrogen-bond acceptors (Lipinski definition) is 4. The Labute approximate surface area is 78.5 Å². The molecule has 0 aliphatic carbocycles. The van der Waals surface area contributed by atoms with Crippen LogP contribution in [0, 0.1) is 6.92 Å². The van der Waals surface area contributed by atoms with Crippen molar-refractivity contribution in [1.29, 1.82) is 0 Å². The van der Waals surface area contributed by atoms with Crippen molar-refractivity contribution in [1.82, 2.24) is 0 Å². The average molecular weight is 207 g/mol. The maximum Gasteiger partial charge on any atom is 0.351 e. The van der Waals surface area contributed by atoms with E-state index in [1.807, 2.05) is 0 Å². The molecular weight excluding hydrogens is 200 g/mol. The second-order valence-electron chi connectivity index (χ2n) is 2.17. The molecule has 0 unspecified atom stereocenters. The van der Waals surface area contributed by atoms with Crippen LogP contribution in [0.15, 0.2) is 0 Å². The number of esters is 1. The second-order valence-corrected chi connectivity index (χ2v) is 3.79. The van der Waals surface area contributed by atoms with Gasteiger partial charge in [0, 0.05) is 5.56 Å². The van der Waals surface area contributed by atoms with Gasteiger partial charge in [0.25, 0.3) is 0 Å². The summed E-state index contributed by atoms with van der Waals surface area (Å²) < 4.78 is 4.85. The standard InChI is InChI=1S/C7H7ClO3S/c1-3-4(9)5(7(10)11-2)12-6(3)8/h9H,1-2H3. The predicted molar refractivity (Wildman–Crippen MR) is 47.1 cm³/mol. The minimum absolute atomic E-state index is 0.0862. The van der Waals surface area contributed by atoms with Crippen LogP contribution < -0.4 is 0 Å². The van der Waals surface area contributed by atoms with Crippen LogP contribution in [0.5, 0.6) is 5.75 Å². The van der Waals surface area contributed by atoms with Gasteiger partial charge in [0.1, 0.15) is 10.1 Å². The van der Waals surface area contributed by atoms with Gasteiger partial charge in [-0.2, -0.15) is 0 Å². The van der Waals surface area contributed by atoms with Crippen molar-refractivity contribution >= 4 is 28.9 Å². The van der Waals surface area contributed by atoms with E-state index in [2.05, 4.69) is 4.74 Å². The maximum absolute atomic E-state index is 11.0. The molecule has 5 heteroatoms. The van der Waals surface area contributed by atoms with E-state index in [0.717, 1.165) is 11.3 Å². The molecule has 0 spiro atoms. The lowest BCUT2D eigenvalue weighted by Crippen LogP contribution is -1.97. The van der Waals surface area contributed by atoms with E-state index in [1.54, 1.807) is 6.92 Å². The second kappa shape index (κ2) is 3.33. The molecule has 3 nitrogen and oxygen atoms in total. The van der Waals surface area contributed by atoms with Crippen molar-refractivity contribution in [3.8, 4) is 5.75 Å². The van der Waals surface area contributed by atoms with Crippen LogP contribution in [0.3, 0.4) is 0 Å². The number of halogens is 1. The minimum Gasteiger partial charge on any atom is -0.506 e. The van der Waals surface area contributed by atoms with Gasteiger partial charge in [-0.25, -0.2) is 4.79 Å². The first-order valence-corrected chi connectivity index (χ1v) is 4.33. The predicted octanol–water partition coefficient (Wildman–Crippen LogP) is 2.20. The molecule has 0 saturated carbocycles. The number of methoxy groups -OCH3 is 1. The maximum atomic E-state index is 11.0. The Balaban J connectivity index is 3.17. The highest BCUT2D eigenvalue weighted by molar-refractivity contribution is 7.18. The molecule has 0 atom stereocenters. The number of thiophene rings is 1. The lowest BCUT2D eigenvalue weighted by atomic mass is 10.3. The van der Waals surface area contributed by atoms with Crippen LogP contribution in [-0.4, -0.2) is 18.2 Å². The zero-order valence-corrected chi connectivity index (χ0v) is 8.12. The van der Waals surface area contributed by atoms with Crippen molar-refractivity contribution in [2.45, 2.75) is 6.92 Å². The molecule has 1 N–H and O–H groups in total. The van der Waals surface area contributed by atoms with E-state index in [4.69, 9.17) is 11.6 Å². The molecule has 1 aromatic heterocycles. The van der Waals surface area contributed by atoms with E-state index < -0.39 is 5.97 Å². The fourth-order valence-electron chi connectivity index (χ4n) is 0.709. The van der Waals surface area contributed by atoms with Gasteiger partial charge in [0.2, 0.25) is 0 Å². The summed E-state index contributed by atoms with van der Waals surface area (Å²) in [6.45, 7) is 1.64. The normalized spacial score (nSPS) is 9.92. The molecule has 66 valence electrons. The Morgan fingerprint density at radius 3 is 2.58 bits per heavy atom. The molecule has 0 saturated heterocycles. The van der Waals surface area contributed by atoms with Crippen molar-refractivity contribution < 1.29 is 14.6 Å². The molecule has 12 heavy (non-hydrogen) atoms. The minimum atomic E-state index is -0.563. The summed E-state index contributed by atoms with van der Waals surface area (Å²) in [5.41, 5.74) is 0.516. The molecule has 0 bridgehead atoms. The first-order valence-electron chi connectivity index (χ1n) is 3.14. The van der Waals surface area contributed by atoms with Crippen LogP contribution in [-0.2, 0) is 4.74 Å². The first-order chi connectivity index (χ1) is 5.57. The molecular formula is C7H7ClO3S. The summed E-state index contributed by atoms with van der Waals surface area (Å²) in [7, 11) is 1.25. The summed E-state index contributed by atoms with van der Waals surface area (Å²) in [6.07, 6.45) is 0. The molecule has 0 fully saturated rings. The third-order valence-corrected chi connectivity index (χ3v) is 2.99. The monoisotopic (exact) mass is 206 g/mol. The zero-order chi connectivity index (χ0) is 9.30. The Bertz CT molecular complexity index is 319. The summed E-state index contributed by atoms with van der Waals surface area (Å²) in [5.74, 6) is -0.649. The first kappa shape index (κ1) is 9.35. The molecule has 1 aromatic rings. The van der Waals surface area contributed by atoms with Gasteiger partial charge in [0.15, 0.2) is 4.88 Å². The van der Waals surface area contributed by atoms with Crippen LogP contribution >= 0.6 is 22.9 Å². The molecule has 0 radical (unpaired) electrons. The molecule has 1 heterocycles. The molecule has 0 amide bonds. The van der Waals surface area contributed by atoms with Gasteiger partial charge >= 0.3 is 5.97 Å². The number of carbonyl (C=O) groups excluding carboxylic acids is 1. The van der Waals surface area contributed by atoms with E-state index in [-0.39, 0.29) is 10.6 Å². The number of hydrogen-bond donors (Lipinski definition) is 1. The van der Waals surface area contributed by atoms with Crippen molar-refractivity contribution in [3.63, 3.8) is 0 Å². The van der Waals surface area contributed by atoms with Crippen molar-refractivity contribution in [3.05, 3.63) is 14.8 Å². The van der Waals surface area contributed by atoms with Crippen molar-refractivity contribution in [2.75, 3.05) is 7.11 Å². The fourth-order valence-corrected chi connectivity index (χ4v) is 1.88. The molecule has 1 rings (SSSR count). The van der Waals surface area contributed by atoms with Crippen molar-refractivity contribution in [2.24, 2.45) is 0 Å².